The molecule has 1 rings (SSSR count). The lowest BCUT2D eigenvalue weighted by Gasteiger charge is -2.20. The number of amides is 1. The summed E-state index contributed by atoms with van der Waals surface area (Å²) >= 11 is 0. The first-order valence-electron chi connectivity index (χ1n) is 7.19. The molecule has 5 heteroatoms. The van der Waals surface area contributed by atoms with Crippen molar-refractivity contribution in [1.82, 2.24) is 5.32 Å². The molecular formula is C16H23NO4. The third-order valence-electron chi connectivity index (χ3n) is 3.60. The highest BCUT2D eigenvalue weighted by molar-refractivity contribution is 5.94. The molecule has 0 heterocycles. The van der Waals surface area contributed by atoms with Crippen LogP contribution in [0.4, 0.5) is 0 Å². The molecule has 0 radical (unpaired) electrons. The van der Waals surface area contributed by atoms with Gasteiger partial charge in [-0.2, -0.15) is 0 Å². The molecule has 0 saturated heterocycles. The van der Waals surface area contributed by atoms with Gasteiger partial charge in [-0.25, -0.2) is 0 Å². The highest BCUT2D eigenvalue weighted by Crippen LogP contribution is 2.20. The Morgan fingerprint density at radius 3 is 2.29 bits per heavy atom. The van der Waals surface area contributed by atoms with Crippen molar-refractivity contribution in [2.45, 2.75) is 33.1 Å². The lowest BCUT2D eigenvalue weighted by atomic mass is 9.88. The molecule has 5 nitrogen and oxygen atoms in total. The predicted molar refractivity (Wildman–Crippen MR) is 80.3 cm³/mol. The maximum atomic E-state index is 11.9. The fraction of sp³-hybridized carbons (Fsp3) is 0.500. The van der Waals surface area contributed by atoms with Crippen LogP contribution in [0.15, 0.2) is 24.3 Å². The fourth-order valence-corrected chi connectivity index (χ4v) is 2.21. The molecule has 0 aromatic heterocycles. The summed E-state index contributed by atoms with van der Waals surface area (Å²) < 4.78 is 0. The standard InChI is InChI=1S/C16H23NO4/c1-11(2)12(5-8-15(19)20)9-10-17-16(21)13-3-6-14(18)7-4-13/h3-4,6-7,11-12,18H,5,8-10H2,1-2H3,(H,17,21)(H,19,20). The van der Waals surface area contributed by atoms with Crippen molar-refractivity contribution < 1.29 is 19.8 Å². The number of nitrogens with one attached hydrogen (secondary N) is 1. The molecule has 1 aromatic rings. The van der Waals surface area contributed by atoms with Crippen molar-refractivity contribution in [1.29, 1.82) is 0 Å². The second-order valence-electron chi connectivity index (χ2n) is 5.53. The van der Waals surface area contributed by atoms with Crippen LogP contribution >= 0.6 is 0 Å². The Balaban J connectivity index is 2.40. The maximum Gasteiger partial charge on any atom is 0.303 e. The van der Waals surface area contributed by atoms with Gasteiger partial charge < -0.3 is 15.5 Å². The smallest absolute Gasteiger partial charge is 0.303 e. The minimum Gasteiger partial charge on any atom is -0.508 e. The molecule has 116 valence electrons. The van der Waals surface area contributed by atoms with E-state index in [1.165, 1.54) is 12.1 Å². The molecule has 1 unspecified atom stereocenters. The van der Waals surface area contributed by atoms with E-state index in [0.29, 0.717) is 24.4 Å². The van der Waals surface area contributed by atoms with Crippen molar-refractivity contribution in [3.05, 3.63) is 29.8 Å². The van der Waals surface area contributed by atoms with E-state index in [1.54, 1.807) is 12.1 Å². The number of carbonyl (C=O) groups is 2. The summed E-state index contributed by atoms with van der Waals surface area (Å²) in [4.78, 5) is 22.5. The van der Waals surface area contributed by atoms with Crippen molar-refractivity contribution in [2.24, 2.45) is 11.8 Å². The van der Waals surface area contributed by atoms with Gasteiger partial charge in [-0.05, 0) is 48.9 Å². The Hall–Kier alpha value is -2.04. The van der Waals surface area contributed by atoms with Gasteiger partial charge in [0.25, 0.3) is 5.91 Å². The summed E-state index contributed by atoms with van der Waals surface area (Å²) in [5.74, 6) is -0.180. The first-order valence-corrected chi connectivity index (χ1v) is 7.19. The van der Waals surface area contributed by atoms with Crippen LogP contribution in [-0.2, 0) is 4.79 Å². The Kier molecular flexibility index (Phi) is 6.72. The minimum absolute atomic E-state index is 0.125. The summed E-state index contributed by atoms with van der Waals surface area (Å²) in [6.45, 7) is 4.64. The topological polar surface area (TPSA) is 86.6 Å². The number of rotatable bonds is 8. The number of hydrogen-bond donors (Lipinski definition) is 3. The van der Waals surface area contributed by atoms with Crippen LogP contribution in [0.25, 0.3) is 0 Å². The summed E-state index contributed by atoms with van der Waals surface area (Å²) in [5, 5.41) is 20.7. The fourth-order valence-electron chi connectivity index (χ4n) is 2.21. The number of benzene rings is 1. The predicted octanol–water partition coefficient (Wildman–Crippen LogP) is 2.65. The van der Waals surface area contributed by atoms with Crippen LogP contribution in [-0.4, -0.2) is 28.6 Å². The lowest BCUT2D eigenvalue weighted by Crippen LogP contribution is -2.27. The van der Waals surface area contributed by atoms with Crippen LogP contribution in [0.3, 0.4) is 0 Å². The average molecular weight is 293 g/mol. The van der Waals surface area contributed by atoms with E-state index in [4.69, 9.17) is 5.11 Å². The molecular weight excluding hydrogens is 270 g/mol. The third kappa shape index (κ3) is 6.29. The minimum atomic E-state index is -0.784. The van der Waals surface area contributed by atoms with Gasteiger partial charge in [0.2, 0.25) is 0 Å². The second-order valence-corrected chi connectivity index (χ2v) is 5.53. The maximum absolute atomic E-state index is 11.9. The number of aliphatic carboxylic acids is 1. The van der Waals surface area contributed by atoms with E-state index in [2.05, 4.69) is 19.2 Å². The molecule has 21 heavy (non-hydrogen) atoms. The molecule has 0 aliphatic rings. The van der Waals surface area contributed by atoms with Crippen molar-refractivity contribution >= 4 is 11.9 Å². The summed E-state index contributed by atoms with van der Waals surface area (Å²) in [7, 11) is 0. The van der Waals surface area contributed by atoms with Crippen LogP contribution in [0.1, 0.15) is 43.5 Å². The highest BCUT2D eigenvalue weighted by atomic mass is 16.4. The van der Waals surface area contributed by atoms with E-state index < -0.39 is 5.97 Å². The van der Waals surface area contributed by atoms with Crippen molar-refractivity contribution in [2.75, 3.05) is 6.54 Å². The van der Waals surface area contributed by atoms with Crippen molar-refractivity contribution in [3.63, 3.8) is 0 Å². The summed E-state index contributed by atoms with van der Waals surface area (Å²) in [6.07, 6.45) is 1.55. The first kappa shape index (κ1) is 17.0. The van der Waals surface area contributed by atoms with Gasteiger partial charge in [-0.15, -0.1) is 0 Å². The molecule has 0 bridgehead atoms. The third-order valence-corrected chi connectivity index (χ3v) is 3.60. The largest absolute Gasteiger partial charge is 0.508 e. The van der Waals surface area contributed by atoms with E-state index in [0.717, 1.165) is 6.42 Å². The van der Waals surface area contributed by atoms with Crippen molar-refractivity contribution in [3.8, 4) is 5.75 Å². The lowest BCUT2D eigenvalue weighted by molar-refractivity contribution is -0.137. The van der Waals surface area contributed by atoms with Gasteiger partial charge >= 0.3 is 5.97 Å². The zero-order valence-corrected chi connectivity index (χ0v) is 12.5. The Morgan fingerprint density at radius 2 is 1.76 bits per heavy atom. The second kappa shape index (κ2) is 8.29. The van der Waals surface area contributed by atoms with Crippen LogP contribution in [0.2, 0.25) is 0 Å². The van der Waals surface area contributed by atoms with Gasteiger partial charge in [-0.1, -0.05) is 13.8 Å². The van der Waals surface area contributed by atoms with Gasteiger partial charge in [-0.3, -0.25) is 9.59 Å². The zero-order valence-electron chi connectivity index (χ0n) is 12.5. The molecule has 0 aliphatic heterocycles. The Morgan fingerprint density at radius 1 is 1.14 bits per heavy atom. The van der Waals surface area contributed by atoms with E-state index in [9.17, 15) is 14.7 Å². The normalized spacial score (nSPS) is 12.1. The van der Waals surface area contributed by atoms with Gasteiger partial charge in [0.15, 0.2) is 0 Å². The summed E-state index contributed by atoms with van der Waals surface area (Å²) in [5.41, 5.74) is 0.499. The number of phenolic OH excluding ortho intramolecular Hbond substituents is 1. The number of carbonyl (C=O) groups excluding carboxylic acids is 1. The molecule has 1 aromatic carbocycles. The molecule has 1 amide bonds. The molecule has 3 N–H and O–H groups in total. The quantitative estimate of drug-likeness (QED) is 0.687. The zero-order chi connectivity index (χ0) is 15.8. The number of phenols is 1. The van der Waals surface area contributed by atoms with E-state index in [-0.39, 0.29) is 24.0 Å². The number of aromatic hydroxyl groups is 1. The van der Waals surface area contributed by atoms with Crippen LogP contribution in [0, 0.1) is 11.8 Å². The van der Waals surface area contributed by atoms with E-state index in [1.807, 2.05) is 0 Å². The SMILES string of the molecule is CC(C)C(CCNC(=O)c1ccc(O)cc1)CCC(=O)O. The van der Waals surface area contributed by atoms with Crippen LogP contribution in [0.5, 0.6) is 5.75 Å². The van der Waals surface area contributed by atoms with Gasteiger partial charge in [0.1, 0.15) is 5.75 Å². The monoisotopic (exact) mass is 293 g/mol. The molecule has 0 spiro atoms. The van der Waals surface area contributed by atoms with E-state index >= 15 is 0 Å². The first-order chi connectivity index (χ1) is 9.90. The van der Waals surface area contributed by atoms with Gasteiger partial charge in [0.05, 0.1) is 0 Å². The Labute approximate surface area is 125 Å². The molecule has 0 aliphatic carbocycles. The average Bonchev–Trinajstić information content (AvgIpc) is 2.42. The molecule has 0 saturated carbocycles. The Bertz CT molecular complexity index is 468. The highest BCUT2D eigenvalue weighted by Gasteiger charge is 2.15. The number of hydrogen-bond acceptors (Lipinski definition) is 3. The van der Waals surface area contributed by atoms with Crippen LogP contribution < -0.4 is 5.32 Å². The molecule has 0 fully saturated rings. The number of carboxylic acids is 1. The molecule has 1 atom stereocenters. The summed E-state index contributed by atoms with van der Waals surface area (Å²) in [6, 6.07) is 6.07. The number of carboxylic acid groups (broad SMARTS) is 1. The van der Waals surface area contributed by atoms with Gasteiger partial charge in [0, 0.05) is 18.5 Å².